The zero-order valence-electron chi connectivity index (χ0n) is 24.2. The summed E-state index contributed by atoms with van der Waals surface area (Å²) in [6.45, 7) is -0.895. The molecule has 0 bridgehead atoms. The second-order valence-electron chi connectivity index (χ2n) is 10.5. The summed E-state index contributed by atoms with van der Waals surface area (Å²) in [5.41, 5.74) is 0.572. The third kappa shape index (κ3) is 8.36. The van der Waals surface area contributed by atoms with Crippen LogP contribution in [0.3, 0.4) is 0 Å². The molecule has 6 nitrogen and oxygen atoms in total. The molecule has 1 unspecified atom stereocenters. The zero-order chi connectivity index (χ0) is 31.4. The van der Waals surface area contributed by atoms with Crippen LogP contribution >= 0.6 is 0 Å². The minimum Gasteiger partial charge on any atom is -0.394 e. The molecule has 0 aliphatic heterocycles. The van der Waals surface area contributed by atoms with Gasteiger partial charge in [0.1, 0.15) is 30.0 Å². The van der Waals surface area contributed by atoms with Crippen LogP contribution in [-0.2, 0) is 0 Å². The van der Waals surface area contributed by atoms with E-state index in [4.69, 9.17) is 0 Å². The summed E-state index contributed by atoms with van der Waals surface area (Å²) >= 11 is 0. The molecular weight excluding hydrogens is 552 g/mol. The first kappa shape index (κ1) is 32.5. The van der Waals surface area contributed by atoms with Crippen molar-refractivity contribution in [1.29, 1.82) is 0 Å². The molecule has 4 rings (SSSR count). The quantitative estimate of drug-likeness (QED) is 0.125. The lowest BCUT2D eigenvalue weighted by molar-refractivity contribution is -0.178. The molecule has 4 aromatic rings. The maximum absolute atomic E-state index is 12.3. The normalized spacial score (nSPS) is 16.9. The van der Waals surface area contributed by atoms with E-state index in [1.165, 1.54) is 6.08 Å². The molecule has 0 amide bonds. The molecule has 226 valence electrons. The van der Waals surface area contributed by atoms with Crippen LogP contribution in [0.2, 0.25) is 0 Å². The predicted molar refractivity (Wildman–Crippen MR) is 176 cm³/mol. The molecule has 0 spiro atoms. The van der Waals surface area contributed by atoms with Crippen LogP contribution in [0.5, 0.6) is 0 Å². The van der Waals surface area contributed by atoms with E-state index in [9.17, 15) is 30.6 Å². The van der Waals surface area contributed by atoms with E-state index in [1.54, 1.807) is 54.6 Å². The van der Waals surface area contributed by atoms with Gasteiger partial charge in [0.25, 0.3) is 0 Å². The van der Waals surface area contributed by atoms with E-state index in [0.717, 1.165) is 16.7 Å². The average Bonchev–Trinajstić information content (AvgIpc) is 3.08. The van der Waals surface area contributed by atoms with Crippen molar-refractivity contribution in [1.82, 2.24) is 0 Å². The minimum absolute atomic E-state index is 0.00482. The lowest BCUT2D eigenvalue weighted by atomic mass is 9.76. The summed E-state index contributed by atoms with van der Waals surface area (Å²) < 4.78 is 0. The lowest BCUT2D eigenvalue weighted by Crippen LogP contribution is -2.61. The first-order valence-corrected chi connectivity index (χ1v) is 14.4. The molecular formula is C38H38O6. The maximum Gasteiger partial charge on any atom is 0.147 e. The van der Waals surface area contributed by atoms with Crippen molar-refractivity contribution in [2.24, 2.45) is 0 Å². The van der Waals surface area contributed by atoms with Crippen molar-refractivity contribution in [2.45, 2.75) is 30.0 Å². The highest BCUT2D eigenvalue weighted by Gasteiger charge is 2.51. The molecule has 6 heteroatoms. The van der Waals surface area contributed by atoms with Crippen molar-refractivity contribution < 1.29 is 30.6 Å². The summed E-state index contributed by atoms with van der Waals surface area (Å²) in [7, 11) is 0. The number of aliphatic hydroxyl groups is 6. The van der Waals surface area contributed by atoms with E-state index >= 15 is 0 Å². The Morgan fingerprint density at radius 3 is 1.41 bits per heavy atom. The highest BCUT2D eigenvalue weighted by molar-refractivity contribution is 5.66. The van der Waals surface area contributed by atoms with Crippen molar-refractivity contribution in [2.75, 3.05) is 6.61 Å². The van der Waals surface area contributed by atoms with Gasteiger partial charge in [-0.2, -0.15) is 0 Å². The molecule has 0 radical (unpaired) electrons. The van der Waals surface area contributed by atoms with Gasteiger partial charge < -0.3 is 30.6 Å². The van der Waals surface area contributed by atoms with Gasteiger partial charge in [0, 0.05) is 0 Å². The second-order valence-corrected chi connectivity index (χ2v) is 10.5. The molecule has 6 N–H and O–H groups in total. The number of hydrogen-bond donors (Lipinski definition) is 6. The van der Waals surface area contributed by atoms with Gasteiger partial charge in [0.2, 0.25) is 0 Å². The van der Waals surface area contributed by atoms with Gasteiger partial charge >= 0.3 is 0 Å². The van der Waals surface area contributed by atoms with Crippen molar-refractivity contribution in [3.8, 4) is 0 Å². The zero-order valence-corrected chi connectivity index (χ0v) is 24.2. The topological polar surface area (TPSA) is 121 Å². The molecule has 44 heavy (non-hydrogen) atoms. The van der Waals surface area contributed by atoms with Crippen LogP contribution in [0.4, 0.5) is 0 Å². The van der Waals surface area contributed by atoms with Crippen LogP contribution in [-0.4, -0.2) is 67.3 Å². The number of benzene rings is 4. The third-order valence-corrected chi connectivity index (χ3v) is 7.33. The summed E-state index contributed by atoms with van der Waals surface area (Å²) in [5, 5.41) is 67.6. The summed E-state index contributed by atoms with van der Waals surface area (Å²) in [5.74, 6) is 0. The molecule has 4 aromatic carbocycles. The molecule has 0 heterocycles. The van der Waals surface area contributed by atoms with Crippen LogP contribution in [0.1, 0.15) is 22.3 Å². The Morgan fingerprint density at radius 2 is 0.955 bits per heavy atom. The molecule has 0 aliphatic rings. The maximum atomic E-state index is 12.3. The van der Waals surface area contributed by atoms with E-state index in [-0.39, 0.29) is 11.1 Å². The number of hydrogen-bond acceptors (Lipinski definition) is 6. The van der Waals surface area contributed by atoms with Crippen LogP contribution in [0.15, 0.2) is 145 Å². The van der Waals surface area contributed by atoms with Gasteiger partial charge in [-0.15, -0.1) is 0 Å². The van der Waals surface area contributed by atoms with Gasteiger partial charge in [-0.1, -0.05) is 146 Å². The smallest absolute Gasteiger partial charge is 0.147 e. The van der Waals surface area contributed by atoms with Crippen LogP contribution < -0.4 is 0 Å². The van der Waals surface area contributed by atoms with Gasteiger partial charge in [0.05, 0.1) is 6.61 Å². The van der Waals surface area contributed by atoms with Crippen LogP contribution in [0, 0.1) is 0 Å². The molecule has 5 atom stereocenters. The fourth-order valence-electron chi connectivity index (χ4n) is 4.84. The first-order valence-electron chi connectivity index (χ1n) is 14.4. The predicted octanol–water partition coefficient (Wildman–Crippen LogP) is 4.75. The largest absolute Gasteiger partial charge is 0.394 e. The fourth-order valence-corrected chi connectivity index (χ4v) is 4.84. The SMILES string of the molecule is OC[C@@H](O)[C@@H](O)[C@@](O)(C(C=Cc1ccccc1)=Cc1ccccc1)[C@@H](O)C(O)C(C=Cc1ccccc1)=Cc1ccccc1. The molecule has 0 fully saturated rings. The fraction of sp³-hybridized carbons (Fsp3) is 0.158. The monoisotopic (exact) mass is 590 g/mol. The molecule has 0 saturated heterocycles. The van der Waals surface area contributed by atoms with Gasteiger partial charge in [-0.05, 0) is 45.6 Å². The Labute approximate surface area is 258 Å². The lowest BCUT2D eigenvalue weighted by Gasteiger charge is -2.42. The van der Waals surface area contributed by atoms with Crippen molar-refractivity contribution in [3.05, 3.63) is 167 Å². The number of rotatable bonds is 13. The van der Waals surface area contributed by atoms with Crippen molar-refractivity contribution in [3.63, 3.8) is 0 Å². The van der Waals surface area contributed by atoms with E-state index in [0.29, 0.717) is 5.56 Å². The summed E-state index contributed by atoms with van der Waals surface area (Å²) in [6.07, 6.45) is 2.08. The van der Waals surface area contributed by atoms with Gasteiger partial charge in [-0.3, -0.25) is 0 Å². The Morgan fingerprint density at radius 1 is 0.545 bits per heavy atom. The molecule has 0 aromatic heterocycles. The van der Waals surface area contributed by atoms with Gasteiger partial charge in [0.15, 0.2) is 0 Å². The molecule has 0 saturated carbocycles. The Hall–Kier alpha value is -4.40. The first-order chi connectivity index (χ1) is 21.3. The standard InChI is InChI=1S/C38H38O6/c39-27-34(40)36(42)38(44,33(26-31-19-11-4-12-20-31)24-22-29-15-7-2-8-16-29)37(43)35(41)32(25-30-17-9-3-10-18-30)23-21-28-13-5-1-6-14-28/h1-26,34-37,39-44H,27H2/t34-,35?,36-,37+,38+/m1/s1. The highest BCUT2D eigenvalue weighted by Crippen LogP contribution is 2.35. The number of aliphatic hydroxyl groups excluding tert-OH is 5. The molecule has 0 aliphatic carbocycles. The van der Waals surface area contributed by atoms with E-state index in [2.05, 4.69) is 0 Å². The van der Waals surface area contributed by atoms with Crippen LogP contribution in [0.25, 0.3) is 24.3 Å². The van der Waals surface area contributed by atoms with E-state index < -0.39 is 36.6 Å². The Kier molecular flexibility index (Phi) is 11.7. The second kappa shape index (κ2) is 15.9. The van der Waals surface area contributed by atoms with Crippen molar-refractivity contribution >= 4 is 24.3 Å². The van der Waals surface area contributed by atoms with E-state index in [1.807, 2.05) is 97.1 Å². The Balaban J connectivity index is 1.86. The minimum atomic E-state index is -2.65. The third-order valence-electron chi connectivity index (χ3n) is 7.33. The average molecular weight is 591 g/mol. The highest BCUT2D eigenvalue weighted by atomic mass is 16.4. The Bertz CT molecular complexity index is 1550. The van der Waals surface area contributed by atoms with Gasteiger partial charge in [-0.25, -0.2) is 0 Å². The summed E-state index contributed by atoms with van der Waals surface area (Å²) in [4.78, 5) is 0. The summed E-state index contributed by atoms with van der Waals surface area (Å²) in [6, 6.07) is 36.8.